The van der Waals surface area contributed by atoms with Gasteiger partial charge in [0, 0.05) is 0 Å². The average Bonchev–Trinajstić information content (AvgIpc) is 1.87. The molecule has 6 nitrogen and oxygen atoms in total. The highest BCUT2D eigenvalue weighted by Crippen LogP contribution is 1.79. The summed E-state index contributed by atoms with van der Waals surface area (Å²) in [5.74, 6) is 0. The van der Waals surface area contributed by atoms with Crippen molar-refractivity contribution in [1.29, 1.82) is 0 Å². The number of hydroxylamine groups is 1. The van der Waals surface area contributed by atoms with Crippen molar-refractivity contribution in [2.24, 2.45) is 0 Å². The smallest absolute Gasteiger partial charge is 0.428 e. The lowest BCUT2D eigenvalue weighted by Gasteiger charge is -2.05. The molecule has 0 aromatic rings. The molecule has 0 heterocycles. The SMILES string of the molecule is O=C(O)NOCC(O)CO. The van der Waals surface area contributed by atoms with Crippen molar-refractivity contribution in [3.63, 3.8) is 0 Å². The standard InChI is InChI=1S/C4H9NO5/c6-1-3(7)2-10-5-4(8)9/h3,5-7H,1-2H2,(H,8,9). The van der Waals surface area contributed by atoms with E-state index in [2.05, 4.69) is 4.84 Å². The molecule has 0 aliphatic carbocycles. The lowest BCUT2D eigenvalue weighted by atomic mass is 10.4. The first-order valence-corrected chi connectivity index (χ1v) is 2.56. The summed E-state index contributed by atoms with van der Waals surface area (Å²) < 4.78 is 0. The van der Waals surface area contributed by atoms with Crippen molar-refractivity contribution in [3.05, 3.63) is 0 Å². The number of carboxylic acid groups (broad SMARTS) is 1. The average molecular weight is 151 g/mol. The Bertz CT molecular complexity index is 106. The lowest BCUT2D eigenvalue weighted by molar-refractivity contribution is -0.0302. The maximum Gasteiger partial charge on any atom is 0.428 e. The number of hydrogen-bond donors (Lipinski definition) is 4. The molecule has 6 heteroatoms. The van der Waals surface area contributed by atoms with Crippen molar-refractivity contribution in [2.75, 3.05) is 13.2 Å². The van der Waals surface area contributed by atoms with Crippen LogP contribution in [0.15, 0.2) is 0 Å². The van der Waals surface area contributed by atoms with E-state index in [9.17, 15) is 4.79 Å². The van der Waals surface area contributed by atoms with Crippen LogP contribution < -0.4 is 5.48 Å². The van der Waals surface area contributed by atoms with E-state index < -0.39 is 18.8 Å². The Balaban J connectivity index is 3.11. The highest BCUT2D eigenvalue weighted by molar-refractivity contribution is 5.62. The van der Waals surface area contributed by atoms with Gasteiger partial charge in [0.05, 0.1) is 6.61 Å². The zero-order valence-electron chi connectivity index (χ0n) is 5.15. The maximum atomic E-state index is 9.69. The van der Waals surface area contributed by atoms with Crippen molar-refractivity contribution in [3.8, 4) is 0 Å². The quantitative estimate of drug-likeness (QED) is 0.368. The summed E-state index contributed by atoms with van der Waals surface area (Å²) in [6.45, 7) is -0.718. The molecule has 4 N–H and O–H groups in total. The molecule has 10 heavy (non-hydrogen) atoms. The number of aliphatic hydroxyl groups excluding tert-OH is 2. The van der Waals surface area contributed by atoms with Crippen molar-refractivity contribution < 1.29 is 25.0 Å². The second-order valence-corrected chi connectivity index (χ2v) is 1.55. The van der Waals surface area contributed by atoms with Gasteiger partial charge in [-0.3, -0.25) is 4.84 Å². The monoisotopic (exact) mass is 151 g/mol. The predicted octanol–water partition coefficient (Wildman–Crippen LogP) is -1.46. The van der Waals surface area contributed by atoms with Gasteiger partial charge in [0.2, 0.25) is 0 Å². The van der Waals surface area contributed by atoms with Crippen LogP contribution in [0.4, 0.5) is 4.79 Å². The molecular weight excluding hydrogens is 142 g/mol. The van der Waals surface area contributed by atoms with Gasteiger partial charge in [0.25, 0.3) is 0 Å². The molecule has 1 amide bonds. The van der Waals surface area contributed by atoms with Gasteiger partial charge in [0.15, 0.2) is 0 Å². The summed E-state index contributed by atoms with van der Waals surface area (Å²) >= 11 is 0. The van der Waals surface area contributed by atoms with Gasteiger partial charge < -0.3 is 15.3 Å². The van der Waals surface area contributed by atoms with Gasteiger partial charge in [0.1, 0.15) is 12.7 Å². The third kappa shape index (κ3) is 5.29. The Morgan fingerprint density at radius 2 is 2.30 bits per heavy atom. The fraction of sp³-hybridized carbons (Fsp3) is 0.750. The summed E-state index contributed by atoms with van der Waals surface area (Å²) in [7, 11) is 0. The molecule has 0 saturated carbocycles. The van der Waals surface area contributed by atoms with E-state index in [4.69, 9.17) is 15.3 Å². The van der Waals surface area contributed by atoms with E-state index >= 15 is 0 Å². The molecule has 60 valence electrons. The molecule has 0 aromatic heterocycles. The van der Waals surface area contributed by atoms with Gasteiger partial charge in [-0.15, -0.1) is 0 Å². The fourth-order valence-corrected chi connectivity index (χ4v) is 0.252. The first-order chi connectivity index (χ1) is 4.66. The molecule has 0 saturated heterocycles. The third-order valence-corrected chi connectivity index (χ3v) is 0.646. The largest absolute Gasteiger partial charge is 0.464 e. The van der Waals surface area contributed by atoms with E-state index in [0.29, 0.717) is 0 Å². The molecule has 0 fully saturated rings. The Labute approximate surface area is 57.0 Å². The van der Waals surface area contributed by atoms with Crippen LogP contribution in [-0.2, 0) is 4.84 Å². The first-order valence-electron chi connectivity index (χ1n) is 2.56. The van der Waals surface area contributed by atoms with Crippen LogP contribution in [0.2, 0.25) is 0 Å². The van der Waals surface area contributed by atoms with E-state index in [1.807, 2.05) is 0 Å². The number of carbonyl (C=O) groups is 1. The zero-order valence-corrected chi connectivity index (χ0v) is 5.15. The van der Waals surface area contributed by atoms with Crippen LogP contribution in [0.25, 0.3) is 0 Å². The van der Waals surface area contributed by atoms with E-state index in [1.165, 1.54) is 0 Å². The summed E-state index contributed by atoms with van der Waals surface area (Å²) in [6.07, 6.45) is -2.39. The minimum atomic E-state index is -1.34. The van der Waals surface area contributed by atoms with E-state index in [1.54, 1.807) is 5.48 Å². The molecule has 0 aliphatic heterocycles. The second-order valence-electron chi connectivity index (χ2n) is 1.55. The van der Waals surface area contributed by atoms with E-state index in [-0.39, 0.29) is 6.61 Å². The van der Waals surface area contributed by atoms with Gasteiger partial charge in [-0.1, -0.05) is 0 Å². The predicted molar refractivity (Wildman–Crippen MR) is 30.2 cm³/mol. The van der Waals surface area contributed by atoms with Crippen molar-refractivity contribution >= 4 is 6.09 Å². The molecular formula is C4H9NO5. The normalized spacial score (nSPS) is 12.6. The Morgan fingerprint density at radius 1 is 1.70 bits per heavy atom. The van der Waals surface area contributed by atoms with Crippen LogP contribution in [0.1, 0.15) is 0 Å². The van der Waals surface area contributed by atoms with Crippen LogP contribution in [0.3, 0.4) is 0 Å². The number of amides is 1. The molecule has 1 atom stereocenters. The Kier molecular flexibility index (Phi) is 4.55. The first kappa shape index (κ1) is 9.15. The minimum Gasteiger partial charge on any atom is -0.464 e. The molecule has 0 aliphatic rings. The van der Waals surface area contributed by atoms with Gasteiger partial charge in [-0.25, -0.2) is 4.79 Å². The van der Waals surface area contributed by atoms with Gasteiger partial charge in [-0.2, -0.15) is 5.48 Å². The summed E-state index contributed by atoms with van der Waals surface area (Å²) in [5.41, 5.74) is 1.56. The lowest BCUT2D eigenvalue weighted by Crippen LogP contribution is -2.28. The van der Waals surface area contributed by atoms with Crippen LogP contribution in [0, 0.1) is 0 Å². The zero-order chi connectivity index (χ0) is 7.98. The Morgan fingerprint density at radius 3 is 2.70 bits per heavy atom. The number of hydrogen-bond acceptors (Lipinski definition) is 4. The molecule has 0 aromatic carbocycles. The Hall–Kier alpha value is -0.850. The molecule has 1 unspecified atom stereocenters. The number of aliphatic hydroxyl groups is 2. The van der Waals surface area contributed by atoms with Crippen LogP contribution in [-0.4, -0.2) is 40.7 Å². The third-order valence-electron chi connectivity index (χ3n) is 0.646. The summed E-state index contributed by atoms with van der Waals surface area (Å²) in [5, 5.41) is 24.7. The highest BCUT2D eigenvalue weighted by Gasteiger charge is 2.01. The second kappa shape index (κ2) is 4.98. The molecule has 0 bridgehead atoms. The van der Waals surface area contributed by atoms with Crippen molar-refractivity contribution in [2.45, 2.75) is 6.10 Å². The maximum absolute atomic E-state index is 9.69. The molecule has 0 spiro atoms. The van der Waals surface area contributed by atoms with Crippen LogP contribution >= 0.6 is 0 Å². The number of rotatable bonds is 4. The minimum absolute atomic E-state index is 0.261. The molecule has 0 radical (unpaired) electrons. The fourth-order valence-electron chi connectivity index (χ4n) is 0.252. The molecule has 0 rings (SSSR count). The van der Waals surface area contributed by atoms with Crippen molar-refractivity contribution in [1.82, 2.24) is 5.48 Å². The van der Waals surface area contributed by atoms with E-state index in [0.717, 1.165) is 0 Å². The van der Waals surface area contributed by atoms with Crippen LogP contribution in [0.5, 0.6) is 0 Å². The number of nitrogens with one attached hydrogen (secondary N) is 1. The van der Waals surface area contributed by atoms with Gasteiger partial charge >= 0.3 is 6.09 Å². The summed E-state index contributed by atoms with van der Waals surface area (Å²) in [4.78, 5) is 13.9. The topological polar surface area (TPSA) is 99.0 Å². The highest BCUT2D eigenvalue weighted by atomic mass is 16.7. The summed E-state index contributed by atoms with van der Waals surface area (Å²) in [6, 6.07) is 0. The van der Waals surface area contributed by atoms with Gasteiger partial charge in [-0.05, 0) is 0 Å².